The predicted molar refractivity (Wildman–Crippen MR) is 115 cm³/mol. The van der Waals surface area contributed by atoms with Crippen molar-refractivity contribution in [3.8, 4) is 5.88 Å². The van der Waals surface area contributed by atoms with Crippen molar-refractivity contribution in [2.24, 2.45) is 5.92 Å². The maximum Gasteiger partial charge on any atom is 0.249 e. The van der Waals surface area contributed by atoms with Crippen molar-refractivity contribution >= 4 is 56.3 Å². The molecule has 0 bridgehead atoms. The molecule has 2 heterocycles. The van der Waals surface area contributed by atoms with E-state index in [0.29, 0.717) is 32.9 Å². The molecular formula is C20H21Cl2N3O2S. The molecule has 1 amide bonds. The lowest BCUT2D eigenvalue weighted by atomic mass is 9.84. The Morgan fingerprint density at radius 3 is 2.75 bits per heavy atom. The second kappa shape index (κ2) is 8.31. The predicted octanol–water partition coefficient (Wildman–Crippen LogP) is 6.26. The second-order valence-electron chi connectivity index (χ2n) is 7.30. The van der Waals surface area contributed by atoms with Gasteiger partial charge in [-0.3, -0.25) is 4.79 Å². The van der Waals surface area contributed by atoms with Gasteiger partial charge in [-0.2, -0.15) is 0 Å². The summed E-state index contributed by atoms with van der Waals surface area (Å²) in [5.41, 5.74) is 0. The third-order valence-electron chi connectivity index (χ3n) is 5.44. The van der Waals surface area contributed by atoms with Gasteiger partial charge in [0.05, 0.1) is 10.0 Å². The highest BCUT2D eigenvalue weighted by atomic mass is 35.5. The van der Waals surface area contributed by atoms with Crippen LogP contribution in [0.25, 0.3) is 10.8 Å². The molecule has 4 rings (SSSR count). The van der Waals surface area contributed by atoms with E-state index < -0.39 is 6.04 Å². The van der Waals surface area contributed by atoms with Gasteiger partial charge in [-0.15, -0.1) is 11.3 Å². The molecule has 1 atom stereocenters. The SMILES string of the molecule is O=C(Nc1nccs1)[C@H](CC1CCCCC1)n1cc2cc(Cl)c(Cl)cc2c1O. The van der Waals surface area contributed by atoms with Crippen molar-refractivity contribution in [2.45, 2.75) is 44.6 Å². The van der Waals surface area contributed by atoms with Gasteiger partial charge in [0, 0.05) is 28.5 Å². The number of hydrogen-bond acceptors (Lipinski definition) is 4. The van der Waals surface area contributed by atoms with Gasteiger partial charge in [-0.05, 0) is 24.5 Å². The summed E-state index contributed by atoms with van der Waals surface area (Å²) in [7, 11) is 0. The Balaban J connectivity index is 1.70. The number of anilines is 1. The fraction of sp³-hybridized carbons (Fsp3) is 0.400. The van der Waals surface area contributed by atoms with Gasteiger partial charge < -0.3 is 15.0 Å². The summed E-state index contributed by atoms with van der Waals surface area (Å²) < 4.78 is 1.65. The van der Waals surface area contributed by atoms with Gasteiger partial charge in [-0.25, -0.2) is 4.98 Å². The van der Waals surface area contributed by atoms with Crippen molar-refractivity contribution in [1.82, 2.24) is 9.55 Å². The second-order valence-corrected chi connectivity index (χ2v) is 9.00. The van der Waals surface area contributed by atoms with Crippen LogP contribution in [0.15, 0.2) is 29.9 Å². The molecule has 1 aliphatic carbocycles. The first-order valence-electron chi connectivity index (χ1n) is 9.42. The van der Waals surface area contributed by atoms with Crippen molar-refractivity contribution < 1.29 is 9.90 Å². The van der Waals surface area contributed by atoms with Gasteiger partial charge in [0.2, 0.25) is 5.91 Å². The van der Waals surface area contributed by atoms with E-state index in [2.05, 4.69) is 10.3 Å². The molecule has 0 spiro atoms. The summed E-state index contributed by atoms with van der Waals surface area (Å²) in [5.74, 6) is 0.315. The molecule has 8 heteroatoms. The van der Waals surface area contributed by atoms with Crippen molar-refractivity contribution in [3.63, 3.8) is 0 Å². The molecule has 2 aromatic heterocycles. The number of aromatic hydroxyl groups is 1. The van der Waals surface area contributed by atoms with E-state index in [9.17, 15) is 9.90 Å². The smallest absolute Gasteiger partial charge is 0.249 e. The van der Waals surface area contributed by atoms with Crippen LogP contribution in [-0.2, 0) is 4.79 Å². The number of thiazole rings is 1. The topological polar surface area (TPSA) is 67.2 Å². The van der Waals surface area contributed by atoms with E-state index in [1.165, 1.54) is 30.6 Å². The van der Waals surface area contributed by atoms with Gasteiger partial charge >= 0.3 is 0 Å². The molecule has 0 unspecified atom stereocenters. The van der Waals surface area contributed by atoms with Gasteiger partial charge in [0.15, 0.2) is 11.0 Å². The zero-order valence-corrected chi connectivity index (χ0v) is 17.5. The summed E-state index contributed by atoms with van der Waals surface area (Å²) in [6.07, 6.45) is 9.96. The average molecular weight is 438 g/mol. The number of hydrogen-bond donors (Lipinski definition) is 2. The highest BCUT2D eigenvalue weighted by Crippen LogP contribution is 2.39. The third-order valence-corrected chi connectivity index (χ3v) is 6.85. The molecule has 1 fully saturated rings. The number of fused-ring (bicyclic) bond motifs is 1. The highest BCUT2D eigenvalue weighted by Gasteiger charge is 2.29. The molecule has 3 aromatic rings. The molecule has 2 N–H and O–H groups in total. The molecule has 1 aliphatic rings. The molecule has 1 saturated carbocycles. The van der Waals surface area contributed by atoms with Gasteiger partial charge in [0.25, 0.3) is 0 Å². The van der Waals surface area contributed by atoms with E-state index >= 15 is 0 Å². The Labute approximate surface area is 177 Å². The Morgan fingerprint density at radius 2 is 2.04 bits per heavy atom. The van der Waals surface area contributed by atoms with Crippen LogP contribution < -0.4 is 5.32 Å². The molecule has 0 radical (unpaired) electrons. The zero-order chi connectivity index (χ0) is 19.7. The number of rotatable bonds is 5. The van der Waals surface area contributed by atoms with Crippen molar-refractivity contribution in [2.75, 3.05) is 5.32 Å². The fourth-order valence-electron chi connectivity index (χ4n) is 4.01. The number of benzene rings is 1. The van der Waals surface area contributed by atoms with Crippen molar-refractivity contribution in [3.05, 3.63) is 40.0 Å². The highest BCUT2D eigenvalue weighted by molar-refractivity contribution is 7.13. The van der Waals surface area contributed by atoms with E-state index in [0.717, 1.165) is 18.2 Å². The summed E-state index contributed by atoms with van der Waals surface area (Å²) in [4.78, 5) is 17.3. The maximum absolute atomic E-state index is 13.1. The summed E-state index contributed by atoms with van der Waals surface area (Å²) in [6.45, 7) is 0. The fourth-order valence-corrected chi connectivity index (χ4v) is 4.88. The Morgan fingerprint density at radius 1 is 1.29 bits per heavy atom. The lowest BCUT2D eigenvalue weighted by Gasteiger charge is -2.27. The van der Waals surface area contributed by atoms with Crippen molar-refractivity contribution in [1.29, 1.82) is 0 Å². The van der Waals surface area contributed by atoms with Crippen LogP contribution in [-0.4, -0.2) is 20.6 Å². The average Bonchev–Trinajstić information content (AvgIpc) is 3.30. The van der Waals surface area contributed by atoms with E-state index in [4.69, 9.17) is 23.2 Å². The standard InChI is InChI=1S/C20H21Cl2N3O2S/c21-15-9-13-11-25(19(27)14(13)10-16(15)22)17(8-12-4-2-1-3-5-12)18(26)24-20-23-6-7-28-20/h6-7,9-12,17,27H,1-5,8H2,(H,23,24,26)/t17-/m0/s1. The lowest BCUT2D eigenvalue weighted by molar-refractivity contribution is -0.120. The first-order valence-corrected chi connectivity index (χ1v) is 11.1. The summed E-state index contributed by atoms with van der Waals surface area (Å²) in [5, 5.41) is 18.2. The molecule has 148 valence electrons. The Kier molecular flexibility index (Phi) is 5.80. The number of nitrogens with one attached hydrogen (secondary N) is 1. The molecule has 5 nitrogen and oxygen atoms in total. The quantitative estimate of drug-likeness (QED) is 0.494. The van der Waals surface area contributed by atoms with E-state index in [1.807, 2.05) is 5.38 Å². The first-order chi connectivity index (χ1) is 13.5. The maximum atomic E-state index is 13.1. The van der Waals surface area contributed by atoms with Crippen LogP contribution in [0.1, 0.15) is 44.6 Å². The Bertz CT molecular complexity index is 981. The zero-order valence-electron chi connectivity index (χ0n) is 15.2. The van der Waals surface area contributed by atoms with Crippen LogP contribution in [0.5, 0.6) is 5.88 Å². The van der Waals surface area contributed by atoms with Crippen LogP contribution in [0.4, 0.5) is 5.13 Å². The van der Waals surface area contributed by atoms with Crippen LogP contribution >= 0.6 is 34.5 Å². The molecular weight excluding hydrogens is 417 g/mol. The number of halogens is 2. The largest absolute Gasteiger partial charge is 0.494 e. The van der Waals surface area contributed by atoms with E-state index in [-0.39, 0.29) is 11.8 Å². The van der Waals surface area contributed by atoms with Crippen LogP contribution in [0, 0.1) is 5.92 Å². The lowest BCUT2D eigenvalue weighted by Crippen LogP contribution is -2.28. The van der Waals surface area contributed by atoms with E-state index in [1.54, 1.807) is 29.1 Å². The van der Waals surface area contributed by atoms with Crippen LogP contribution in [0.3, 0.4) is 0 Å². The summed E-state index contributed by atoms with van der Waals surface area (Å²) in [6, 6.07) is 2.82. The normalized spacial score (nSPS) is 16.4. The molecule has 0 aliphatic heterocycles. The first kappa shape index (κ1) is 19.6. The Hall–Kier alpha value is -1.76. The molecule has 1 aromatic carbocycles. The molecule has 28 heavy (non-hydrogen) atoms. The minimum absolute atomic E-state index is 0.0312. The number of nitrogens with zero attached hydrogens (tertiary/aromatic N) is 2. The van der Waals surface area contributed by atoms with Gasteiger partial charge in [0.1, 0.15) is 6.04 Å². The number of aromatic nitrogens is 2. The van der Waals surface area contributed by atoms with Crippen LogP contribution in [0.2, 0.25) is 10.0 Å². The summed E-state index contributed by atoms with van der Waals surface area (Å²) >= 11 is 13.6. The molecule has 0 saturated heterocycles. The number of carbonyl (C=O) groups is 1. The van der Waals surface area contributed by atoms with Gasteiger partial charge in [-0.1, -0.05) is 55.3 Å². The number of amides is 1. The minimum atomic E-state index is -0.531. The monoisotopic (exact) mass is 437 g/mol. The minimum Gasteiger partial charge on any atom is -0.494 e. The number of carbonyl (C=O) groups excluding carboxylic acids is 1. The third kappa shape index (κ3) is 4.00.